The fourth-order valence-corrected chi connectivity index (χ4v) is 4.86. The van der Waals surface area contributed by atoms with Gasteiger partial charge in [-0.1, -0.05) is 37.5 Å². The van der Waals surface area contributed by atoms with E-state index in [0.29, 0.717) is 0 Å². The lowest BCUT2D eigenvalue weighted by Gasteiger charge is -2.48. The van der Waals surface area contributed by atoms with E-state index in [1.807, 2.05) is 36.1 Å². The normalized spacial score (nSPS) is 19.2. The van der Waals surface area contributed by atoms with Crippen LogP contribution in [0.2, 0.25) is 0 Å². The van der Waals surface area contributed by atoms with Crippen LogP contribution in [-0.2, 0) is 11.2 Å². The second-order valence-electron chi connectivity index (χ2n) is 8.62. The van der Waals surface area contributed by atoms with Crippen LogP contribution in [0.1, 0.15) is 37.7 Å². The zero-order valence-electron chi connectivity index (χ0n) is 19.1. The molecular formula is C24H37IN6O. The Labute approximate surface area is 209 Å². The molecule has 0 spiro atoms. The predicted octanol–water partition coefficient (Wildman–Crippen LogP) is 3.23. The van der Waals surface area contributed by atoms with Crippen LogP contribution in [0, 0.1) is 0 Å². The molecule has 0 amide bonds. The maximum Gasteiger partial charge on any atom is 0.191 e. The number of hydrogen-bond acceptors (Lipinski definition) is 4. The van der Waals surface area contributed by atoms with E-state index in [-0.39, 0.29) is 29.5 Å². The molecule has 2 aromatic rings. The first-order valence-electron chi connectivity index (χ1n) is 11.7. The lowest BCUT2D eigenvalue weighted by atomic mass is 9.80. The van der Waals surface area contributed by atoms with E-state index in [9.17, 15) is 0 Å². The Kier molecular flexibility index (Phi) is 9.80. The van der Waals surface area contributed by atoms with Gasteiger partial charge in [0, 0.05) is 45.0 Å². The third-order valence-electron chi connectivity index (χ3n) is 6.64. The van der Waals surface area contributed by atoms with E-state index in [2.05, 4.69) is 44.0 Å². The Balaban J connectivity index is 0.00000289. The molecule has 0 bridgehead atoms. The molecular weight excluding hydrogens is 515 g/mol. The number of aliphatic imine (C=N–C) groups is 1. The van der Waals surface area contributed by atoms with Crippen LogP contribution in [0.25, 0.3) is 5.69 Å². The molecule has 1 aromatic carbocycles. The molecule has 4 rings (SSSR count). The number of aromatic nitrogens is 2. The van der Waals surface area contributed by atoms with Crippen molar-refractivity contribution in [2.75, 3.05) is 46.4 Å². The van der Waals surface area contributed by atoms with Crippen LogP contribution in [0.15, 0.2) is 47.7 Å². The molecule has 2 N–H and O–H groups in total. The topological polar surface area (TPSA) is 66.7 Å². The van der Waals surface area contributed by atoms with Crippen molar-refractivity contribution in [3.63, 3.8) is 0 Å². The summed E-state index contributed by atoms with van der Waals surface area (Å²) in [7, 11) is 1.85. The summed E-state index contributed by atoms with van der Waals surface area (Å²) in [5.41, 5.74) is 2.53. The van der Waals surface area contributed by atoms with Gasteiger partial charge in [0.25, 0.3) is 0 Å². The van der Waals surface area contributed by atoms with Crippen molar-refractivity contribution in [1.82, 2.24) is 25.3 Å². The molecule has 1 aromatic heterocycles. The summed E-state index contributed by atoms with van der Waals surface area (Å²) in [5.74, 6) is 0.883. The van der Waals surface area contributed by atoms with Crippen LogP contribution in [0.4, 0.5) is 0 Å². The highest BCUT2D eigenvalue weighted by molar-refractivity contribution is 14.0. The van der Waals surface area contributed by atoms with Crippen LogP contribution >= 0.6 is 24.0 Å². The van der Waals surface area contributed by atoms with Gasteiger partial charge in [0.05, 0.1) is 25.1 Å². The molecule has 176 valence electrons. The molecule has 8 heteroatoms. The molecule has 2 heterocycles. The maximum atomic E-state index is 5.60. The number of nitrogens with one attached hydrogen (secondary N) is 2. The molecule has 2 aliphatic rings. The molecule has 1 saturated heterocycles. The third-order valence-corrected chi connectivity index (χ3v) is 6.64. The van der Waals surface area contributed by atoms with Crippen LogP contribution < -0.4 is 10.6 Å². The van der Waals surface area contributed by atoms with Crippen molar-refractivity contribution in [2.24, 2.45) is 4.99 Å². The molecule has 32 heavy (non-hydrogen) atoms. The molecule has 7 nitrogen and oxygen atoms in total. The fourth-order valence-electron chi connectivity index (χ4n) is 4.86. The Bertz CT molecular complexity index is 828. The van der Waals surface area contributed by atoms with Gasteiger partial charge in [-0.2, -0.15) is 5.10 Å². The summed E-state index contributed by atoms with van der Waals surface area (Å²) in [4.78, 5) is 7.12. The minimum absolute atomic E-state index is 0. The number of para-hydroxylation sites is 1. The first kappa shape index (κ1) is 25.0. The van der Waals surface area contributed by atoms with Crippen molar-refractivity contribution in [1.29, 1.82) is 0 Å². The van der Waals surface area contributed by atoms with Gasteiger partial charge in [-0.25, -0.2) is 4.68 Å². The quantitative estimate of drug-likeness (QED) is 0.314. The number of halogens is 1. The van der Waals surface area contributed by atoms with Crippen molar-refractivity contribution >= 4 is 29.9 Å². The zero-order valence-corrected chi connectivity index (χ0v) is 21.5. The lowest BCUT2D eigenvalue weighted by molar-refractivity contribution is -0.0352. The van der Waals surface area contributed by atoms with Gasteiger partial charge in [-0.3, -0.25) is 9.89 Å². The number of ether oxygens (including phenoxy) is 1. The lowest BCUT2D eigenvalue weighted by Crippen LogP contribution is -2.60. The van der Waals surface area contributed by atoms with E-state index < -0.39 is 0 Å². The highest BCUT2D eigenvalue weighted by Gasteiger charge is 2.38. The number of guanidine groups is 1. The first-order chi connectivity index (χ1) is 15.3. The first-order valence-corrected chi connectivity index (χ1v) is 11.7. The van der Waals surface area contributed by atoms with E-state index >= 15 is 0 Å². The van der Waals surface area contributed by atoms with E-state index in [4.69, 9.17) is 4.74 Å². The molecule has 1 aliphatic heterocycles. The fraction of sp³-hybridized carbons (Fsp3) is 0.583. The van der Waals surface area contributed by atoms with E-state index in [0.717, 1.165) is 57.5 Å². The Morgan fingerprint density at radius 1 is 1.09 bits per heavy atom. The Hall–Kier alpha value is -1.65. The predicted molar refractivity (Wildman–Crippen MR) is 140 cm³/mol. The van der Waals surface area contributed by atoms with Crippen molar-refractivity contribution in [3.05, 3.63) is 48.3 Å². The van der Waals surface area contributed by atoms with Crippen LogP contribution in [0.3, 0.4) is 0 Å². The van der Waals surface area contributed by atoms with Gasteiger partial charge in [-0.15, -0.1) is 24.0 Å². The van der Waals surface area contributed by atoms with Gasteiger partial charge in [0.1, 0.15) is 0 Å². The van der Waals surface area contributed by atoms with Crippen molar-refractivity contribution < 1.29 is 4.74 Å². The molecule has 2 fully saturated rings. The van der Waals surface area contributed by atoms with E-state index in [1.165, 1.54) is 37.7 Å². The molecule has 1 aliphatic carbocycles. The smallest absolute Gasteiger partial charge is 0.191 e. The van der Waals surface area contributed by atoms with Crippen LogP contribution in [0.5, 0.6) is 0 Å². The van der Waals surface area contributed by atoms with Gasteiger partial charge >= 0.3 is 0 Å². The number of morpholine rings is 1. The number of hydrogen-bond donors (Lipinski definition) is 2. The zero-order chi connectivity index (χ0) is 21.4. The minimum atomic E-state index is 0. The highest BCUT2D eigenvalue weighted by atomic mass is 127. The SMILES string of the molecule is CN=C(NCCc1cnn(-c2ccccc2)c1)NCC1(N2CCOCC2)CCCCC1.I. The van der Waals surface area contributed by atoms with Gasteiger partial charge in [0.15, 0.2) is 5.96 Å². The van der Waals surface area contributed by atoms with Gasteiger partial charge in [0.2, 0.25) is 0 Å². The summed E-state index contributed by atoms with van der Waals surface area (Å²) in [6, 6.07) is 10.2. The summed E-state index contributed by atoms with van der Waals surface area (Å²) >= 11 is 0. The van der Waals surface area contributed by atoms with Crippen molar-refractivity contribution in [2.45, 2.75) is 44.1 Å². The summed E-state index contributed by atoms with van der Waals surface area (Å²) in [6.45, 7) is 5.55. The maximum absolute atomic E-state index is 5.60. The average molecular weight is 553 g/mol. The molecule has 0 unspecified atom stereocenters. The van der Waals surface area contributed by atoms with E-state index in [1.54, 1.807) is 0 Å². The number of rotatable bonds is 7. The Morgan fingerprint density at radius 2 is 1.84 bits per heavy atom. The molecule has 1 saturated carbocycles. The monoisotopic (exact) mass is 552 g/mol. The molecule has 0 atom stereocenters. The minimum Gasteiger partial charge on any atom is -0.379 e. The Morgan fingerprint density at radius 3 is 2.56 bits per heavy atom. The number of nitrogens with zero attached hydrogens (tertiary/aromatic N) is 4. The second-order valence-corrected chi connectivity index (χ2v) is 8.62. The summed E-state index contributed by atoms with van der Waals surface area (Å²) in [6.07, 6.45) is 11.5. The van der Waals surface area contributed by atoms with Crippen LogP contribution in [-0.4, -0.2) is 72.6 Å². The van der Waals surface area contributed by atoms with Crippen molar-refractivity contribution in [3.8, 4) is 5.69 Å². The summed E-state index contributed by atoms with van der Waals surface area (Å²) < 4.78 is 7.53. The standard InChI is InChI=1S/C24H36N6O.HI/c1-25-23(26-13-10-21-18-28-30(19-21)22-8-4-2-5-9-22)27-20-24(11-6-3-7-12-24)29-14-16-31-17-15-29;/h2,4-5,8-9,18-19H,3,6-7,10-17,20H2,1H3,(H2,25,26,27);1H. The molecule has 0 radical (unpaired) electrons. The second kappa shape index (κ2) is 12.6. The average Bonchev–Trinajstić information content (AvgIpc) is 3.32. The number of benzene rings is 1. The largest absolute Gasteiger partial charge is 0.379 e. The highest BCUT2D eigenvalue weighted by Crippen LogP contribution is 2.33. The summed E-state index contributed by atoms with van der Waals surface area (Å²) in [5, 5.41) is 11.6. The third kappa shape index (κ3) is 6.45. The van der Waals surface area contributed by atoms with Gasteiger partial charge < -0.3 is 15.4 Å². The van der Waals surface area contributed by atoms with Gasteiger partial charge in [-0.05, 0) is 37.0 Å².